The smallest absolute Gasteiger partial charge is 0.407 e. The van der Waals surface area contributed by atoms with Crippen LogP contribution in [0, 0.1) is 11.8 Å². The number of alkyl carbamates (subject to hydrolysis) is 1. The van der Waals surface area contributed by atoms with Gasteiger partial charge in [-0.15, -0.1) is 0 Å². The van der Waals surface area contributed by atoms with Gasteiger partial charge in [0, 0.05) is 62.6 Å². The molecule has 40 heavy (non-hydrogen) atoms. The van der Waals surface area contributed by atoms with Crippen molar-refractivity contribution < 1.29 is 19.1 Å². The molecule has 1 aliphatic heterocycles. The number of piperidine rings is 1. The zero-order valence-corrected chi connectivity index (χ0v) is 23.2. The Kier molecular flexibility index (Phi) is 7.41. The maximum absolute atomic E-state index is 13.3. The number of aromatic amines is 1. The first kappa shape index (κ1) is 27.4. The molecule has 0 spiro atoms. The highest BCUT2D eigenvalue weighted by molar-refractivity contribution is 5.99. The molecule has 2 fully saturated rings. The molecule has 0 bridgehead atoms. The molecule has 11 heteroatoms. The molecule has 0 radical (unpaired) electrons. The first-order valence-corrected chi connectivity index (χ1v) is 13.6. The fraction of sp³-hybridized carbons (Fsp3) is 0.448. The SMILES string of the molecule is CNC(=O)c1cc(C(=O)N[C@@H]2[C@@H]3CN(CCNC(=O)OC(C)(C)C)C[C@@H]32)cn(Cc2cccc3[nH]ccc23)c1=O. The van der Waals surface area contributed by atoms with Crippen LogP contribution < -0.4 is 21.5 Å². The van der Waals surface area contributed by atoms with E-state index in [4.69, 9.17) is 4.74 Å². The van der Waals surface area contributed by atoms with Gasteiger partial charge in [-0.2, -0.15) is 0 Å². The second kappa shape index (κ2) is 10.8. The third-order valence-electron chi connectivity index (χ3n) is 7.51. The summed E-state index contributed by atoms with van der Waals surface area (Å²) in [6.07, 6.45) is 2.94. The summed E-state index contributed by atoms with van der Waals surface area (Å²) >= 11 is 0. The highest BCUT2D eigenvalue weighted by Gasteiger charge is 2.56. The Hall–Kier alpha value is -4.12. The number of ether oxygens (including phenoxy) is 1. The molecular formula is C29H36N6O5. The summed E-state index contributed by atoms with van der Waals surface area (Å²) in [5, 5.41) is 9.36. The van der Waals surface area contributed by atoms with Gasteiger partial charge in [-0.1, -0.05) is 12.1 Å². The summed E-state index contributed by atoms with van der Waals surface area (Å²) in [7, 11) is 1.46. The van der Waals surface area contributed by atoms with Gasteiger partial charge in [0.1, 0.15) is 11.2 Å². The zero-order chi connectivity index (χ0) is 28.6. The van der Waals surface area contributed by atoms with Crippen molar-refractivity contribution in [2.45, 2.75) is 39.0 Å². The Bertz CT molecular complexity index is 1490. The number of hydrogen-bond donors (Lipinski definition) is 4. The minimum Gasteiger partial charge on any atom is -0.444 e. The fourth-order valence-corrected chi connectivity index (χ4v) is 5.52. The van der Waals surface area contributed by atoms with Crippen LogP contribution in [0.2, 0.25) is 0 Å². The van der Waals surface area contributed by atoms with Gasteiger partial charge in [-0.25, -0.2) is 4.79 Å². The average molecular weight is 549 g/mol. The summed E-state index contributed by atoms with van der Waals surface area (Å²) in [5.74, 6) is -0.176. The maximum Gasteiger partial charge on any atom is 0.407 e. The number of rotatable bonds is 8. The number of nitrogens with zero attached hydrogens (tertiary/aromatic N) is 2. The van der Waals surface area contributed by atoms with Gasteiger partial charge in [0.05, 0.1) is 12.1 Å². The van der Waals surface area contributed by atoms with Crippen LogP contribution in [0.3, 0.4) is 0 Å². The normalized spacial score (nSPS) is 20.1. The van der Waals surface area contributed by atoms with E-state index in [-0.39, 0.29) is 29.6 Å². The molecule has 3 amide bonds. The van der Waals surface area contributed by atoms with Crippen LogP contribution in [0.25, 0.3) is 10.9 Å². The maximum atomic E-state index is 13.3. The van der Waals surface area contributed by atoms with Crippen molar-refractivity contribution in [2.75, 3.05) is 33.2 Å². The summed E-state index contributed by atoms with van der Waals surface area (Å²) in [4.78, 5) is 56.2. The number of pyridine rings is 1. The predicted molar refractivity (Wildman–Crippen MR) is 150 cm³/mol. The average Bonchev–Trinajstić information content (AvgIpc) is 3.25. The summed E-state index contributed by atoms with van der Waals surface area (Å²) < 4.78 is 6.69. The number of benzene rings is 1. The minimum absolute atomic E-state index is 0.0417. The molecule has 1 aliphatic carbocycles. The van der Waals surface area contributed by atoms with Gasteiger partial charge in [0.25, 0.3) is 17.4 Å². The van der Waals surface area contributed by atoms with Gasteiger partial charge < -0.3 is 35.1 Å². The number of carbonyl (C=O) groups is 3. The Morgan fingerprint density at radius 2 is 1.85 bits per heavy atom. The highest BCUT2D eigenvalue weighted by Crippen LogP contribution is 2.45. The van der Waals surface area contributed by atoms with Crippen LogP contribution in [0.15, 0.2) is 47.5 Å². The van der Waals surface area contributed by atoms with E-state index in [1.54, 1.807) is 0 Å². The number of fused-ring (bicyclic) bond motifs is 2. The lowest BCUT2D eigenvalue weighted by molar-refractivity contribution is 0.0522. The van der Waals surface area contributed by atoms with Gasteiger partial charge in [-0.3, -0.25) is 14.4 Å². The van der Waals surface area contributed by atoms with Gasteiger partial charge >= 0.3 is 6.09 Å². The Balaban J connectivity index is 1.22. The van der Waals surface area contributed by atoms with E-state index < -0.39 is 23.2 Å². The molecule has 1 aromatic carbocycles. The van der Waals surface area contributed by atoms with Crippen molar-refractivity contribution in [3.8, 4) is 0 Å². The second-order valence-electron chi connectivity index (χ2n) is 11.5. The molecule has 0 unspecified atom stereocenters. The fourth-order valence-electron chi connectivity index (χ4n) is 5.52. The Labute approximate surface area is 232 Å². The van der Waals surface area contributed by atoms with Crippen LogP contribution in [0.5, 0.6) is 0 Å². The molecule has 2 aromatic heterocycles. The zero-order valence-electron chi connectivity index (χ0n) is 23.2. The van der Waals surface area contributed by atoms with Crippen molar-refractivity contribution in [2.24, 2.45) is 11.8 Å². The van der Waals surface area contributed by atoms with Gasteiger partial charge in [0.15, 0.2) is 0 Å². The molecular weight excluding hydrogens is 512 g/mol. The molecule has 3 aromatic rings. The summed E-state index contributed by atoms with van der Waals surface area (Å²) in [6, 6.07) is 9.13. The van der Waals surface area contributed by atoms with Crippen LogP contribution in [-0.4, -0.2) is 77.2 Å². The van der Waals surface area contributed by atoms with E-state index in [9.17, 15) is 19.2 Å². The number of nitrogens with one attached hydrogen (secondary N) is 4. The first-order chi connectivity index (χ1) is 19.0. The van der Waals surface area contributed by atoms with Crippen LogP contribution in [-0.2, 0) is 11.3 Å². The largest absolute Gasteiger partial charge is 0.444 e. The van der Waals surface area contributed by atoms with E-state index in [2.05, 4.69) is 25.8 Å². The molecule has 4 N–H and O–H groups in total. The van der Waals surface area contributed by atoms with Crippen LogP contribution in [0.1, 0.15) is 47.1 Å². The second-order valence-corrected chi connectivity index (χ2v) is 11.5. The quantitative estimate of drug-likeness (QED) is 0.340. The van der Waals surface area contributed by atoms with Crippen LogP contribution in [0.4, 0.5) is 4.79 Å². The molecule has 2 aliphatic rings. The third-order valence-corrected chi connectivity index (χ3v) is 7.51. The van der Waals surface area contributed by atoms with E-state index >= 15 is 0 Å². The van der Waals surface area contributed by atoms with E-state index in [1.807, 2.05) is 51.2 Å². The van der Waals surface area contributed by atoms with Crippen molar-refractivity contribution in [1.29, 1.82) is 0 Å². The molecule has 11 nitrogen and oxygen atoms in total. The van der Waals surface area contributed by atoms with E-state index in [1.165, 1.54) is 23.9 Å². The number of carbonyl (C=O) groups excluding carboxylic acids is 3. The monoisotopic (exact) mass is 548 g/mol. The van der Waals surface area contributed by atoms with Crippen molar-refractivity contribution in [1.82, 2.24) is 30.4 Å². The lowest BCUT2D eigenvalue weighted by Crippen LogP contribution is -2.40. The lowest BCUT2D eigenvalue weighted by atomic mass is 10.1. The molecule has 5 rings (SSSR count). The lowest BCUT2D eigenvalue weighted by Gasteiger charge is -2.22. The number of H-pyrrole nitrogens is 1. The Morgan fingerprint density at radius 3 is 2.55 bits per heavy atom. The summed E-state index contributed by atoms with van der Waals surface area (Å²) in [6.45, 7) is 8.56. The number of hydrogen-bond acceptors (Lipinski definition) is 6. The topological polar surface area (TPSA) is 138 Å². The molecule has 3 heterocycles. The molecule has 212 valence electrons. The predicted octanol–water partition coefficient (Wildman–Crippen LogP) is 1.92. The standard InChI is InChI=1S/C29H36N6O5/c1-29(2,3)40-28(39)32-10-11-34-15-21-22(16-34)24(21)33-25(36)18-12-20(26(37)30-4)27(38)35(14-18)13-17-6-5-7-23-19(17)8-9-31-23/h5-9,12,14,21-22,24,31H,10-11,13,15-16H2,1-4H3,(H,30,37)(H,32,39)(H,33,36)/t21-,22+,24-. The number of aromatic nitrogens is 2. The third kappa shape index (κ3) is 5.89. The first-order valence-electron chi connectivity index (χ1n) is 13.6. The van der Waals surface area contributed by atoms with Crippen molar-refractivity contribution >= 4 is 28.8 Å². The molecule has 3 atom stereocenters. The van der Waals surface area contributed by atoms with Gasteiger partial charge in [0.2, 0.25) is 0 Å². The van der Waals surface area contributed by atoms with Crippen molar-refractivity contribution in [3.05, 3.63) is 69.8 Å². The van der Waals surface area contributed by atoms with E-state index in [0.29, 0.717) is 24.9 Å². The molecule has 1 saturated carbocycles. The number of likely N-dealkylation sites (tertiary alicyclic amines) is 1. The number of amides is 3. The van der Waals surface area contributed by atoms with Gasteiger partial charge in [-0.05, 0) is 56.4 Å². The summed E-state index contributed by atoms with van der Waals surface area (Å²) in [5.41, 5.74) is 1.05. The minimum atomic E-state index is -0.535. The van der Waals surface area contributed by atoms with E-state index in [0.717, 1.165) is 29.6 Å². The molecule has 1 saturated heterocycles. The highest BCUT2D eigenvalue weighted by atomic mass is 16.6. The van der Waals surface area contributed by atoms with Crippen LogP contribution >= 0.6 is 0 Å². The Morgan fingerprint density at radius 1 is 1.10 bits per heavy atom. The van der Waals surface area contributed by atoms with Crippen molar-refractivity contribution in [3.63, 3.8) is 0 Å².